The highest BCUT2D eigenvalue weighted by molar-refractivity contribution is 6.09. The topological polar surface area (TPSA) is 4.93 Å². The van der Waals surface area contributed by atoms with E-state index in [1.807, 2.05) is 13.8 Å². The Morgan fingerprint density at radius 3 is 1.67 bits per heavy atom. The first-order valence-electron chi connectivity index (χ1n) is 8.96. The highest BCUT2D eigenvalue weighted by Gasteiger charge is 2.10. The van der Waals surface area contributed by atoms with Crippen LogP contribution in [0.1, 0.15) is 32.8 Å². The molecule has 0 saturated carbocycles. The second-order valence-electron chi connectivity index (χ2n) is 5.79. The van der Waals surface area contributed by atoms with Crippen molar-refractivity contribution in [3.63, 3.8) is 0 Å². The second-order valence-corrected chi connectivity index (χ2v) is 5.79. The van der Waals surface area contributed by atoms with Gasteiger partial charge in [0.05, 0.1) is 11.0 Å². The quantitative estimate of drug-likeness (QED) is 0.393. The van der Waals surface area contributed by atoms with Crippen LogP contribution in [-0.2, 0) is 6.42 Å². The normalized spacial score (nSPS) is 10.6. The van der Waals surface area contributed by atoms with Gasteiger partial charge in [0.1, 0.15) is 0 Å². The summed E-state index contributed by atoms with van der Waals surface area (Å²) in [7, 11) is 0. The van der Waals surface area contributed by atoms with E-state index in [0.29, 0.717) is 0 Å². The predicted molar refractivity (Wildman–Crippen MR) is 106 cm³/mol. The van der Waals surface area contributed by atoms with Crippen LogP contribution >= 0.6 is 0 Å². The van der Waals surface area contributed by atoms with Gasteiger partial charge in [0.15, 0.2) is 0 Å². The smallest absolute Gasteiger partial charge is 0.0541 e. The van der Waals surface area contributed by atoms with E-state index in [4.69, 9.17) is 0 Å². The van der Waals surface area contributed by atoms with Crippen molar-refractivity contribution < 1.29 is 0 Å². The molecule has 1 nitrogen and oxygen atoms in total. The summed E-state index contributed by atoms with van der Waals surface area (Å²) in [5, 5.41) is 2.63. The van der Waals surface area contributed by atoms with E-state index in [9.17, 15) is 0 Å². The number of fused-ring (bicyclic) bond motifs is 3. The van der Waals surface area contributed by atoms with Crippen molar-refractivity contribution >= 4 is 21.8 Å². The lowest BCUT2D eigenvalue weighted by atomic mass is 10.1. The number of aryl methyl sites for hydroxylation is 1. The molecular weight excluding hydrogens is 290 g/mol. The van der Waals surface area contributed by atoms with Gasteiger partial charge in [0.2, 0.25) is 0 Å². The highest BCUT2D eigenvalue weighted by atomic mass is 15.0. The van der Waals surface area contributed by atoms with Crippen LogP contribution in [-0.4, -0.2) is 4.57 Å². The molecule has 1 heteroatoms. The van der Waals surface area contributed by atoms with Gasteiger partial charge in [-0.2, -0.15) is 0 Å². The summed E-state index contributed by atoms with van der Waals surface area (Å²) in [6.45, 7) is 6.22. The molecule has 0 aliphatic heterocycles. The summed E-state index contributed by atoms with van der Waals surface area (Å²) in [5.74, 6) is 0. The van der Waals surface area contributed by atoms with Crippen LogP contribution in [0.4, 0.5) is 0 Å². The maximum absolute atomic E-state index is 2.36. The lowest BCUT2D eigenvalue weighted by Crippen LogP contribution is -1.94. The van der Waals surface area contributed by atoms with Gasteiger partial charge in [-0.15, -0.1) is 0 Å². The van der Waals surface area contributed by atoms with Crippen LogP contribution in [0.2, 0.25) is 0 Å². The van der Waals surface area contributed by atoms with E-state index in [-0.39, 0.29) is 0 Å². The molecule has 0 spiro atoms. The van der Waals surface area contributed by atoms with Gasteiger partial charge in [0, 0.05) is 16.5 Å². The first-order chi connectivity index (χ1) is 11.9. The Bertz CT molecular complexity index is 876. The molecular formula is C23H25N. The van der Waals surface area contributed by atoms with Crippen molar-refractivity contribution in [1.29, 1.82) is 0 Å². The summed E-state index contributed by atoms with van der Waals surface area (Å²) < 4.78 is 2.36. The number of aromatic nitrogens is 1. The molecule has 1 heterocycles. The van der Waals surface area contributed by atoms with Crippen LogP contribution in [0.15, 0.2) is 72.8 Å². The molecule has 3 aromatic carbocycles. The minimum Gasteiger partial charge on any atom is -0.309 e. The van der Waals surface area contributed by atoms with Crippen molar-refractivity contribution in [2.75, 3.05) is 0 Å². The number of hydrogen-bond acceptors (Lipinski definition) is 0. The lowest BCUT2D eigenvalue weighted by molar-refractivity contribution is 0.921. The largest absolute Gasteiger partial charge is 0.309 e. The average molecular weight is 315 g/mol. The molecule has 0 unspecified atom stereocenters. The minimum atomic E-state index is 1.15. The summed E-state index contributed by atoms with van der Waals surface area (Å²) in [4.78, 5) is 0. The van der Waals surface area contributed by atoms with Crippen molar-refractivity contribution in [3.8, 4) is 5.69 Å². The van der Waals surface area contributed by atoms with Crippen molar-refractivity contribution in [3.05, 3.63) is 78.4 Å². The minimum absolute atomic E-state index is 1.15. The summed E-state index contributed by atoms with van der Waals surface area (Å²) in [6.07, 6.45) is 2.34. The maximum Gasteiger partial charge on any atom is 0.0541 e. The molecule has 0 saturated heterocycles. The zero-order valence-corrected chi connectivity index (χ0v) is 14.8. The van der Waals surface area contributed by atoms with E-state index in [0.717, 1.165) is 6.42 Å². The standard InChI is InChI=1S/C21H19N.C2H6/c1-2-7-16-12-14-17(15-13-16)22-20-10-5-3-8-18(20)19-9-4-6-11-21(19)22;1-2/h3-6,8-15H,2,7H2,1H3;1-2H3. The van der Waals surface area contributed by atoms with Crippen LogP contribution in [0.25, 0.3) is 27.5 Å². The molecule has 0 aliphatic rings. The molecule has 4 rings (SSSR count). The molecule has 0 aliphatic carbocycles. The van der Waals surface area contributed by atoms with Crippen LogP contribution in [0, 0.1) is 0 Å². The summed E-state index contributed by atoms with van der Waals surface area (Å²) in [6, 6.07) is 26.3. The van der Waals surface area contributed by atoms with Gasteiger partial charge in [0.25, 0.3) is 0 Å². The highest BCUT2D eigenvalue weighted by Crippen LogP contribution is 2.31. The van der Waals surface area contributed by atoms with Crippen LogP contribution < -0.4 is 0 Å². The van der Waals surface area contributed by atoms with E-state index in [1.54, 1.807) is 0 Å². The van der Waals surface area contributed by atoms with Gasteiger partial charge in [-0.3, -0.25) is 0 Å². The van der Waals surface area contributed by atoms with Crippen LogP contribution in [0.5, 0.6) is 0 Å². The Kier molecular flexibility index (Phi) is 5.00. The average Bonchev–Trinajstić information content (AvgIpc) is 2.99. The molecule has 0 radical (unpaired) electrons. The molecule has 1 aromatic heterocycles. The third-order valence-corrected chi connectivity index (χ3v) is 4.31. The van der Waals surface area contributed by atoms with E-state index in [2.05, 4.69) is 84.3 Å². The van der Waals surface area contributed by atoms with E-state index < -0.39 is 0 Å². The third-order valence-electron chi connectivity index (χ3n) is 4.31. The molecule has 0 bridgehead atoms. The third kappa shape index (κ3) is 2.82. The first kappa shape index (κ1) is 16.3. The van der Waals surface area contributed by atoms with Gasteiger partial charge in [-0.1, -0.05) is 75.7 Å². The fourth-order valence-electron chi connectivity index (χ4n) is 3.30. The molecule has 0 fully saturated rings. The summed E-state index contributed by atoms with van der Waals surface area (Å²) >= 11 is 0. The molecule has 0 atom stereocenters. The zero-order chi connectivity index (χ0) is 16.9. The lowest BCUT2D eigenvalue weighted by Gasteiger charge is -2.08. The predicted octanol–water partition coefficient (Wildman–Crippen LogP) is 6.76. The van der Waals surface area contributed by atoms with Gasteiger partial charge in [-0.25, -0.2) is 0 Å². The number of nitrogens with zero attached hydrogens (tertiary/aromatic N) is 1. The fourth-order valence-corrected chi connectivity index (χ4v) is 3.30. The number of para-hydroxylation sites is 2. The van der Waals surface area contributed by atoms with E-state index in [1.165, 1.54) is 39.5 Å². The molecule has 0 amide bonds. The zero-order valence-electron chi connectivity index (χ0n) is 14.8. The van der Waals surface area contributed by atoms with Crippen molar-refractivity contribution in [1.82, 2.24) is 4.57 Å². The summed E-state index contributed by atoms with van der Waals surface area (Å²) in [5.41, 5.74) is 5.18. The van der Waals surface area contributed by atoms with Gasteiger partial charge < -0.3 is 4.57 Å². The van der Waals surface area contributed by atoms with Crippen molar-refractivity contribution in [2.45, 2.75) is 33.6 Å². The Hall–Kier alpha value is -2.54. The molecule has 0 N–H and O–H groups in total. The SMILES string of the molecule is CC.CCCc1ccc(-n2c3ccccc3c3ccccc32)cc1. The number of hydrogen-bond donors (Lipinski definition) is 0. The van der Waals surface area contributed by atoms with Crippen LogP contribution in [0.3, 0.4) is 0 Å². The Morgan fingerprint density at radius 1 is 0.667 bits per heavy atom. The van der Waals surface area contributed by atoms with E-state index >= 15 is 0 Å². The Balaban J connectivity index is 0.000000815. The monoisotopic (exact) mass is 315 g/mol. The van der Waals surface area contributed by atoms with Gasteiger partial charge in [-0.05, 0) is 36.2 Å². The molecule has 24 heavy (non-hydrogen) atoms. The molecule has 122 valence electrons. The fraction of sp³-hybridized carbons (Fsp3) is 0.217. The van der Waals surface area contributed by atoms with Crippen molar-refractivity contribution in [2.24, 2.45) is 0 Å². The Morgan fingerprint density at radius 2 is 1.17 bits per heavy atom. The number of rotatable bonds is 3. The molecule has 4 aromatic rings. The second kappa shape index (κ2) is 7.35. The number of benzene rings is 3. The maximum atomic E-state index is 2.36. The van der Waals surface area contributed by atoms with Gasteiger partial charge >= 0.3 is 0 Å². The Labute approximate surface area is 144 Å². The first-order valence-corrected chi connectivity index (χ1v) is 8.96.